The van der Waals surface area contributed by atoms with E-state index in [0.29, 0.717) is 38.2 Å². The minimum atomic E-state index is -1.82. The number of carboxylic acids is 2. The lowest BCUT2D eigenvalue weighted by molar-refractivity contribution is -0.159. The fourth-order valence-corrected chi connectivity index (χ4v) is 4.56. The molecule has 2 amide bonds. The number of aliphatic carboxylic acids is 2. The summed E-state index contributed by atoms with van der Waals surface area (Å²) in [6.07, 6.45) is 6.93. The normalized spacial score (nSPS) is 15.8. The second-order valence-corrected chi connectivity index (χ2v) is 8.92. The lowest BCUT2D eigenvalue weighted by Crippen LogP contribution is -2.50. The van der Waals surface area contributed by atoms with Crippen LogP contribution in [0, 0.1) is 5.92 Å². The summed E-state index contributed by atoms with van der Waals surface area (Å²) < 4.78 is 0. The van der Waals surface area contributed by atoms with E-state index in [4.69, 9.17) is 19.8 Å². The van der Waals surface area contributed by atoms with Crippen molar-refractivity contribution in [2.45, 2.75) is 38.5 Å². The zero-order valence-electron chi connectivity index (χ0n) is 19.8. The molecule has 1 heterocycles. The highest BCUT2D eigenvalue weighted by atomic mass is 16.4. The minimum Gasteiger partial charge on any atom is -0.473 e. The monoisotopic (exact) mass is 480 g/mol. The molecule has 0 aromatic heterocycles. The van der Waals surface area contributed by atoms with Crippen LogP contribution in [0.4, 0.5) is 0 Å². The third-order valence-electron chi connectivity index (χ3n) is 6.58. The van der Waals surface area contributed by atoms with E-state index in [-0.39, 0.29) is 11.8 Å². The molecule has 0 unspecified atom stereocenters. The van der Waals surface area contributed by atoms with Gasteiger partial charge in [-0.2, -0.15) is 0 Å². The average molecular weight is 481 g/mol. The zero-order chi connectivity index (χ0) is 25.2. The number of carboxylic acid groups (broad SMARTS) is 2. The summed E-state index contributed by atoms with van der Waals surface area (Å²) in [5.74, 6) is -2.58. The van der Waals surface area contributed by atoms with Gasteiger partial charge in [-0.15, -0.1) is 0 Å². The van der Waals surface area contributed by atoms with Crippen molar-refractivity contribution in [3.8, 4) is 11.1 Å². The van der Waals surface area contributed by atoms with Crippen LogP contribution in [0.3, 0.4) is 0 Å². The molecule has 8 heteroatoms. The number of piperazine rings is 1. The molecule has 186 valence electrons. The second kappa shape index (κ2) is 12.7. The molecular weight excluding hydrogens is 448 g/mol. The number of benzene rings is 2. The van der Waals surface area contributed by atoms with E-state index >= 15 is 0 Å². The highest BCUT2D eigenvalue weighted by Crippen LogP contribution is 2.28. The maximum absolute atomic E-state index is 12.8. The van der Waals surface area contributed by atoms with Crippen molar-refractivity contribution >= 4 is 23.8 Å². The molecular formula is C27H32N2O6. The van der Waals surface area contributed by atoms with Gasteiger partial charge < -0.3 is 20.0 Å². The minimum absolute atomic E-state index is 0.0580. The molecule has 2 aliphatic rings. The Morgan fingerprint density at radius 2 is 1.23 bits per heavy atom. The Hall–Kier alpha value is -3.68. The van der Waals surface area contributed by atoms with Crippen LogP contribution in [-0.2, 0) is 14.4 Å². The molecule has 2 aromatic carbocycles. The number of amides is 2. The first-order valence-electron chi connectivity index (χ1n) is 12.0. The average Bonchev–Trinajstić information content (AvgIpc) is 3.42. The van der Waals surface area contributed by atoms with Crippen LogP contribution >= 0.6 is 0 Å². The predicted octanol–water partition coefficient (Wildman–Crippen LogP) is 3.76. The Morgan fingerprint density at radius 3 is 1.77 bits per heavy atom. The summed E-state index contributed by atoms with van der Waals surface area (Å²) in [6, 6.07) is 18.0. The number of hydrogen-bond donors (Lipinski definition) is 2. The number of hydrogen-bond acceptors (Lipinski definition) is 4. The topological polar surface area (TPSA) is 115 Å². The van der Waals surface area contributed by atoms with Crippen LogP contribution in [-0.4, -0.2) is 69.9 Å². The van der Waals surface area contributed by atoms with Crippen molar-refractivity contribution in [1.82, 2.24) is 9.80 Å². The molecule has 0 bridgehead atoms. The van der Waals surface area contributed by atoms with Gasteiger partial charge in [-0.1, -0.05) is 68.1 Å². The predicted molar refractivity (Wildman–Crippen MR) is 131 cm³/mol. The summed E-state index contributed by atoms with van der Waals surface area (Å²) in [4.78, 5) is 47.4. The number of rotatable bonds is 5. The van der Waals surface area contributed by atoms with Crippen molar-refractivity contribution in [2.24, 2.45) is 5.92 Å². The van der Waals surface area contributed by atoms with Crippen molar-refractivity contribution in [1.29, 1.82) is 0 Å². The molecule has 2 N–H and O–H groups in total. The van der Waals surface area contributed by atoms with Gasteiger partial charge in [-0.05, 0) is 35.6 Å². The molecule has 1 saturated heterocycles. The first-order valence-corrected chi connectivity index (χ1v) is 12.0. The summed E-state index contributed by atoms with van der Waals surface area (Å²) in [6.45, 7) is 2.54. The lowest BCUT2D eigenvalue weighted by atomic mass is 10.0. The molecule has 4 rings (SSSR count). The van der Waals surface area contributed by atoms with Gasteiger partial charge in [0.2, 0.25) is 5.91 Å². The maximum atomic E-state index is 12.8. The van der Waals surface area contributed by atoms with E-state index in [2.05, 4.69) is 12.1 Å². The molecule has 2 aromatic rings. The molecule has 0 radical (unpaired) electrons. The third-order valence-corrected chi connectivity index (χ3v) is 6.58. The van der Waals surface area contributed by atoms with Gasteiger partial charge in [0.15, 0.2) is 0 Å². The Labute approximate surface area is 205 Å². The third kappa shape index (κ3) is 7.67. The standard InChI is InChI=1S/C25H30N2O2.C2H2O4/c28-24(15-10-20-6-4-5-7-20)26-16-18-27(19-17-26)25(29)23-13-11-22(12-14-23)21-8-2-1-3-9-21;3-1(4)2(5)6/h1-3,8-9,11-14,20H,4-7,10,15-19H2;(H,3,4)(H,5,6). The largest absolute Gasteiger partial charge is 0.473 e. The fraction of sp³-hybridized carbons (Fsp3) is 0.407. The Balaban J connectivity index is 0.000000509. The van der Waals surface area contributed by atoms with Crippen LogP contribution in [0.1, 0.15) is 48.9 Å². The van der Waals surface area contributed by atoms with Gasteiger partial charge in [0.1, 0.15) is 0 Å². The lowest BCUT2D eigenvalue weighted by Gasteiger charge is -2.35. The van der Waals surface area contributed by atoms with Crippen molar-refractivity contribution in [3.05, 3.63) is 60.2 Å². The van der Waals surface area contributed by atoms with Crippen molar-refractivity contribution in [2.75, 3.05) is 26.2 Å². The summed E-state index contributed by atoms with van der Waals surface area (Å²) in [5.41, 5.74) is 2.97. The van der Waals surface area contributed by atoms with Crippen LogP contribution in [0.15, 0.2) is 54.6 Å². The van der Waals surface area contributed by atoms with Gasteiger partial charge in [0, 0.05) is 38.2 Å². The number of nitrogens with zero attached hydrogens (tertiary/aromatic N) is 2. The quantitative estimate of drug-likeness (QED) is 0.630. The molecule has 1 aliphatic carbocycles. The van der Waals surface area contributed by atoms with Crippen LogP contribution in [0.25, 0.3) is 11.1 Å². The van der Waals surface area contributed by atoms with E-state index in [0.717, 1.165) is 23.5 Å². The first-order chi connectivity index (χ1) is 16.8. The van der Waals surface area contributed by atoms with Gasteiger partial charge in [-0.3, -0.25) is 9.59 Å². The zero-order valence-corrected chi connectivity index (χ0v) is 19.8. The molecule has 1 saturated carbocycles. The van der Waals surface area contributed by atoms with Gasteiger partial charge in [-0.25, -0.2) is 9.59 Å². The fourth-order valence-electron chi connectivity index (χ4n) is 4.56. The number of carbonyl (C=O) groups is 4. The Bertz CT molecular complexity index is 996. The highest BCUT2D eigenvalue weighted by Gasteiger charge is 2.25. The summed E-state index contributed by atoms with van der Waals surface area (Å²) in [7, 11) is 0. The summed E-state index contributed by atoms with van der Waals surface area (Å²) >= 11 is 0. The van der Waals surface area contributed by atoms with Crippen molar-refractivity contribution < 1.29 is 29.4 Å². The molecule has 2 fully saturated rings. The summed E-state index contributed by atoms with van der Waals surface area (Å²) in [5, 5.41) is 14.8. The van der Waals surface area contributed by atoms with Crippen LogP contribution < -0.4 is 0 Å². The van der Waals surface area contributed by atoms with E-state index in [9.17, 15) is 9.59 Å². The molecule has 35 heavy (non-hydrogen) atoms. The number of carbonyl (C=O) groups excluding carboxylic acids is 2. The molecule has 1 aliphatic heterocycles. The van der Waals surface area contributed by atoms with Gasteiger partial charge in [0.25, 0.3) is 5.91 Å². The van der Waals surface area contributed by atoms with E-state index < -0.39 is 11.9 Å². The van der Waals surface area contributed by atoms with E-state index in [1.807, 2.05) is 52.3 Å². The maximum Gasteiger partial charge on any atom is 0.414 e. The van der Waals surface area contributed by atoms with Crippen LogP contribution in [0.2, 0.25) is 0 Å². The molecule has 8 nitrogen and oxygen atoms in total. The van der Waals surface area contributed by atoms with Gasteiger partial charge in [0.05, 0.1) is 0 Å². The molecule has 0 spiro atoms. The molecule has 0 atom stereocenters. The van der Waals surface area contributed by atoms with E-state index in [1.165, 1.54) is 25.7 Å². The second-order valence-electron chi connectivity index (χ2n) is 8.92. The SMILES string of the molecule is O=C(CCC1CCCC1)N1CCN(C(=O)c2ccc(-c3ccccc3)cc2)CC1.O=C(O)C(=O)O. The van der Waals surface area contributed by atoms with Crippen molar-refractivity contribution in [3.63, 3.8) is 0 Å². The Kier molecular flexibility index (Phi) is 9.40. The van der Waals surface area contributed by atoms with E-state index in [1.54, 1.807) is 0 Å². The van der Waals surface area contributed by atoms with Gasteiger partial charge >= 0.3 is 11.9 Å². The first kappa shape index (κ1) is 25.9. The highest BCUT2D eigenvalue weighted by molar-refractivity contribution is 6.27. The Morgan fingerprint density at radius 1 is 0.714 bits per heavy atom. The smallest absolute Gasteiger partial charge is 0.414 e. The van der Waals surface area contributed by atoms with Crippen LogP contribution in [0.5, 0.6) is 0 Å².